The van der Waals surface area contributed by atoms with Gasteiger partial charge in [0.1, 0.15) is 0 Å². The molecule has 0 atom stereocenters. The zero-order valence-corrected chi connectivity index (χ0v) is 34.1. The molecule has 0 aliphatic carbocycles. The molecule has 0 fully saturated rings. The van der Waals surface area contributed by atoms with Crippen molar-refractivity contribution in [2.75, 3.05) is 0 Å². The van der Waals surface area contributed by atoms with Gasteiger partial charge in [-0.3, -0.25) is 4.98 Å². The fourth-order valence-corrected chi connectivity index (χ4v) is 9.39. The Kier molecular flexibility index (Phi) is 9.61. The summed E-state index contributed by atoms with van der Waals surface area (Å²) in [6.07, 6.45) is 1.86. The van der Waals surface area contributed by atoms with Gasteiger partial charge in [-0.15, -0.1) is 0 Å². The van der Waals surface area contributed by atoms with Crippen LogP contribution in [-0.4, -0.2) is 4.98 Å². The lowest BCUT2D eigenvalue weighted by Crippen LogP contribution is -1.98. The number of fused-ring (bicyclic) bond motifs is 2. The number of aromatic nitrogens is 1. The molecule has 1 heteroatoms. The maximum atomic E-state index is 4.67. The first-order chi connectivity index (χ1) is 30.8. The predicted octanol–water partition coefficient (Wildman–Crippen LogP) is 16.7. The second kappa shape index (κ2) is 16.1. The molecular formula is C61H41N. The summed E-state index contributed by atoms with van der Waals surface area (Å²) in [7, 11) is 0. The number of pyridine rings is 1. The Labute approximate surface area is 362 Å². The summed E-state index contributed by atoms with van der Waals surface area (Å²) in [4.78, 5) is 4.67. The molecule has 11 rings (SSSR count). The van der Waals surface area contributed by atoms with Crippen LogP contribution in [-0.2, 0) is 0 Å². The van der Waals surface area contributed by atoms with E-state index in [1.165, 1.54) is 93.9 Å². The fourth-order valence-electron chi connectivity index (χ4n) is 9.39. The lowest BCUT2D eigenvalue weighted by atomic mass is 9.78. The van der Waals surface area contributed by atoms with Crippen molar-refractivity contribution in [3.63, 3.8) is 0 Å². The van der Waals surface area contributed by atoms with Gasteiger partial charge in [-0.25, -0.2) is 0 Å². The molecular weight excluding hydrogens is 747 g/mol. The molecule has 0 unspecified atom stereocenters. The lowest BCUT2D eigenvalue weighted by molar-refractivity contribution is 1.33. The molecule has 0 radical (unpaired) electrons. The van der Waals surface area contributed by atoms with E-state index in [9.17, 15) is 0 Å². The molecule has 290 valence electrons. The Morgan fingerprint density at radius 2 is 0.565 bits per heavy atom. The molecule has 0 saturated heterocycles. The topological polar surface area (TPSA) is 12.9 Å². The van der Waals surface area contributed by atoms with Crippen LogP contribution in [0.1, 0.15) is 0 Å². The van der Waals surface area contributed by atoms with Crippen LogP contribution in [0.15, 0.2) is 249 Å². The van der Waals surface area contributed by atoms with E-state index < -0.39 is 0 Å². The molecule has 0 aliphatic rings. The number of nitrogens with zero attached hydrogens (tertiary/aromatic N) is 1. The highest BCUT2D eigenvalue weighted by molar-refractivity contribution is 6.21. The van der Waals surface area contributed by atoms with Crippen molar-refractivity contribution in [1.29, 1.82) is 0 Å². The molecule has 0 aliphatic heterocycles. The maximum Gasteiger partial charge on any atom is 0.0702 e. The molecule has 0 saturated carbocycles. The molecule has 0 amide bonds. The average Bonchev–Trinajstić information content (AvgIpc) is 3.36. The normalized spacial score (nSPS) is 11.2. The Bertz CT molecular complexity index is 3280. The van der Waals surface area contributed by atoms with Crippen molar-refractivity contribution in [3.05, 3.63) is 249 Å². The number of hydrogen-bond donors (Lipinski definition) is 0. The third-order valence-corrected chi connectivity index (χ3v) is 12.1. The van der Waals surface area contributed by atoms with Gasteiger partial charge in [0.25, 0.3) is 0 Å². The van der Waals surface area contributed by atoms with Gasteiger partial charge in [0.15, 0.2) is 0 Å². The molecule has 0 N–H and O–H groups in total. The van der Waals surface area contributed by atoms with Crippen LogP contribution in [0.3, 0.4) is 0 Å². The summed E-state index contributed by atoms with van der Waals surface area (Å²) in [6.45, 7) is 0. The molecule has 1 aromatic heterocycles. The molecule has 11 aromatic rings. The number of benzene rings is 10. The Morgan fingerprint density at radius 3 is 1.05 bits per heavy atom. The zero-order chi connectivity index (χ0) is 41.2. The monoisotopic (exact) mass is 787 g/mol. The summed E-state index contributed by atoms with van der Waals surface area (Å²) in [5.41, 5.74) is 18.9. The Morgan fingerprint density at radius 1 is 0.210 bits per heavy atom. The van der Waals surface area contributed by atoms with Crippen LogP contribution in [0.4, 0.5) is 0 Å². The summed E-state index contributed by atoms with van der Waals surface area (Å²) in [5, 5.41) is 4.91. The van der Waals surface area contributed by atoms with E-state index in [0.29, 0.717) is 0 Å². The molecule has 10 aromatic carbocycles. The van der Waals surface area contributed by atoms with Crippen molar-refractivity contribution in [2.45, 2.75) is 0 Å². The van der Waals surface area contributed by atoms with Crippen LogP contribution in [0.25, 0.3) is 111 Å². The molecule has 1 nitrogen and oxygen atoms in total. The number of hydrogen-bond acceptors (Lipinski definition) is 1. The summed E-state index contributed by atoms with van der Waals surface area (Å²) in [5.74, 6) is 0. The van der Waals surface area contributed by atoms with Gasteiger partial charge < -0.3 is 0 Å². The summed E-state index contributed by atoms with van der Waals surface area (Å²) < 4.78 is 0. The van der Waals surface area contributed by atoms with E-state index in [0.717, 1.165) is 16.8 Å². The van der Waals surface area contributed by atoms with Gasteiger partial charge in [-0.1, -0.05) is 218 Å². The van der Waals surface area contributed by atoms with Crippen molar-refractivity contribution in [3.8, 4) is 89.1 Å². The average molecular weight is 788 g/mol. The molecule has 62 heavy (non-hydrogen) atoms. The molecule has 1 heterocycles. The second-order valence-corrected chi connectivity index (χ2v) is 15.8. The van der Waals surface area contributed by atoms with Crippen LogP contribution < -0.4 is 0 Å². The van der Waals surface area contributed by atoms with Gasteiger partial charge >= 0.3 is 0 Å². The first-order valence-electron chi connectivity index (χ1n) is 21.3. The fraction of sp³-hybridized carbons (Fsp3) is 0. The van der Waals surface area contributed by atoms with Gasteiger partial charge in [0.05, 0.1) is 5.69 Å². The largest absolute Gasteiger partial charge is 0.256 e. The maximum absolute atomic E-state index is 4.67. The van der Waals surface area contributed by atoms with Gasteiger partial charge in [-0.2, -0.15) is 0 Å². The summed E-state index contributed by atoms with van der Waals surface area (Å²) in [6, 6.07) is 88.0. The minimum absolute atomic E-state index is 0.969. The van der Waals surface area contributed by atoms with E-state index in [4.69, 9.17) is 0 Å². The Hall–Kier alpha value is -8.13. The predicted molar refractivity (Wildman–Crippen MR) is 263 cm³/mol. The number of rotatable bonds is 8. The standard InChI is InChI=1S/C61H41N/c1-5-20-42(21-6-1)54-41-55(60(45-24-9-3-10-25-45)61(46-26-11-4-12-27-46)59(54)44-22-7-2-8-23-44)43-35-37-47(38-36-43)57-50-30-13-15-32-52(50)58(53-33-16-14-31-51(53)57)49-29-19-28-48(40-49)56-34-17-18-39-62-56/h1-41H. The third kappa shape index (κ3) is 6.67. The van der Waals surface area contributed by atoms with Gasteiger partial charge in [0.2, 0.25) is 0 Å². The van der Waals surface area contributed by atoms with E-state index in [1.54, 1.807) is 0 Å². The van der Waals surface area contributed by atoms with E-state index >= 15 is 0 Å². The van der Waals surface area contributed by atoms with Gasteiger partial charge in [0, 0.05) is 11.8 Å². The van der Waals surface area contributed by atoms with Crippen LogP contribution in [0.5, 0.6) is 0 Å². The second-order valence-electron chi connectivity index (χ2n) is 15.8. The quantitative estimate of drug-likeness (QED) is 0.140. The van der Waals surface area contributed by atoms with Crippen LogP contribution in [0, 0.1) is 0 Å². The highest BCUT2D eigenvalue weighted by Gasteiger charge is 2.24. The SMILES string of the molecule is c1ccc(-c2cc(-c3ccc(-c4c5ccccc5c(-c5cccc(-c6ccccn6)c5)c5ccccc45)cc3)c(-c3ccccc3)c(-c3ccccc3)c2-c2ccccc2)cc1. The first kappa shape index (κ1) is 36.9. The lowest BCUT2D eigenvalue weighted by Gasteiger charge is -2.24. The summed E-state index contributed by atoms with van der Waals surface area (Å²) >= 11 is 0. The molecule has 0 spiro atoms. The minimum Gasteiger partial charge on any atom is -0.256 e. The van der Waals surface area contributed by atoms with Crippen molar-refractivity contribution < 1.29 is 0 Å². The van der Waals surface area contributed by atoms with Crippen molar-refractivity contribution in [1.82, 2.24) is 4.98 Å². The van der Waals surface area contributed by atoms with E-state index in [-0.39, 0.29) is 0 Å². The van der Waals surface area contributed by atoms with E-state index in [1.807, 2.05) is 18.3 Å². The molecule has 0 bridgehead atoms. The third-order valence-electron chi connectivity index (χ3n) is 12.1. The van der Waals surface area contributed by atoms with Crippen LogP contribution in [0.2, 0.25) is 0 Å². The van der Waals surface area contributed by atoms with Crippen molar-refractivity contribution >= 4 is 21.5 Å². The minimum atomic E-state index is 0.969. The van der Waals surface area contributed by atoms with Gasteiger partial charge in [-0.05, 0) is 124 Å². The van der Waals surface area contributed by atoms with Crippen LogP contribution >= 0.6 is 0 Å². The highest BCUT2D eigenvalue weighted by atomic mass is 14.7. The van der Waals surface area contributed by atoms with Crippen molar-refractivity contribution in [2.24, 2.45) is 0 Å². The zero-order valence-electron chi connectivity index (χ0n) is 34.1. The Balaban J connectivity index is 1.15. The first-order valence-corrected chi connectivity index (χ1v) is 21.3. The highest BCUT2D eigenvalue weighted by Crippen LogP contribution is 2.51. The smallest absolute Gasteiger partial charge is 0.0702 e. The van der Waals surface area contributed by atoms with E-state index in [2.05, 4.69) is 236 Å².